The second-order valence-electron chi connectivity index (χ2n) is 4.59. The van der Waals surface area contributed by atoms with Gasteiger partial charge in [-0.15, -0.1) is 0 Å². The van der Waals surface area contributed by atoms with Gasteiger partial charge in [0.15, 0.2) is 0 Å². The average molecular weight is 243 g/mol. The number of rotatable bonds is 7. The lowest BCUT2D eigenvalue weighted by Crippen LogP contribution is -2.01. The van der Waals surface area contributed by atoms with E-state index in [4.69, 9.17) is 5.73 Å². The lowest BCUT2D eigenvalue weighted by Gasteiger charge is -2.02. The summed E-state index contributed by atoms with van der Waals surface area (Å²) in [6, 6.07) is 10.6. The Morgan fingerprint density at radius 3 is 2.56 bits per heavy atom. The van der Waals surface area contributed by atoms with Crippen LogP contribution in [0.5, 0.6) is 0 Å². The molecule has 2 rings (SSSR count). The van der Waals surface area contributed by atoms with Gasteiger partial charge in [0.1, 0.15) is 0 Å². The number of benzene rings is 1. The summed E-state index contributed by atoms with van der Waals surface area (Å²) in [5.74, 6) is 0. The molecule has 0 amide bonds. The molecule has 0 aliphatic rings. The summed E-state index contributed by atoms with van der Waals surface area (Å²) < 4.78 is 2.04. The van der Waals surface area contributed by atoms with E-state index >= 15 is 0 Å². The fourth-order valence-electron chi connectivity index (χ4n) is 2.05. The fraction of sp³-hybridized carbons (Fsp3) is 0.400. The molecule has 18 heavy (non-hydrogen) atoms. The van der Waals surface area contributed by atoms with Crippen molar-refractivity contribution in [2.45, 2.75) is 32.2 Å². The summed E-state index contributed by atoms with van der Waals surface area (Å²) in [5, 5.41) is 4.38. The molecule has 1 aromatic carbocycles. The van der Waals surface area contributed by atoms with Crippen LogP contribution in [0.4, 0.5) is 0 Å². The Balaban J connectivity index is 1.75. The second-order valence-corrected chi connectivity index (χ2v) is 4.59. The van der Waals surface area contributed by atoms with Crippen LogP contribution in [0.2, 0.25) is 0 Å². The van der Waals surface area contributed by atoms with Gasteiger partial charge in [0, 0.05) is 12.7 Å². The Hall–Kier alpha value is -1.61. The highest BCUT2D eigenvalue weighted by atomic mass is 15.3. The molecular weight excluding hydrogens is 222 g/mol. The van der Waals surface area contributed by atoms with E-state index in [0.717, 1.165) is 38.8 Å². The maximum absolute atomic E-state index is 5.50. The molecule has 3 heteroatoms. The van der Waals surface area contributed by atoms with Crippen molar-refractivity contribution in [1.29, 1.82) is 0 Å². The zero-order valence-electron chi connectivity index (χ0n) is 10.8. The minimum absolute atomic E-state index is 0.749. The van der Waals surface area contributed by atoms with Crippen molar-refractivity contribution in [3.05, 3.63) is 53.9 Å². The van der Waals surface area contributed by atoms with Gasteiger partial charge in [-0.25, -0.2) is 0 Å². The maximum atomic E-state index is 5.50. The van der Waals surface area contributed by atoms with Gasteiger partial charge in [0.25, 0.3) is 0 Å². The molecule has 2 aromatic rings. The van der Waals surface area contributed by atoms with Gasteiger partial charge in [-0.05, 0) is 43.4 Å². The smallest absolute Gasteiger partial charge is 0.0521 e. The summed E-state index contributed by atoms with van der Waals surface area (Å²) in [7, 11) is 0. The van der Waals surface area contributed by atoms with Crippen molar-refractivity contribution in [2.75, 3.05) is 6.54 Å². The summed E-state index contributed by atoms with van der Waals surface area (Å²) in [4.78, 5) is 0. The molecule has 0 atom stereocenters. The summed E-state index contributed by atoms with van der Waals surface area (Å²) in [6.45, 7) is 1.73. The lowest BCUT2D eigenvalue weighted by atomic mass is 10.1. The van der Waals surface area contributed by atoms with E-state index in [1.165, 1.54) is 11.1 Å². The molecule has 1 aromatic heterocycles. The van der Waals surface area contributed by atoms with Gasteiger partial charge in [-0.2, -0.15) is 5.10 Å². The molecule has 0 aliphatic heterocycles. The summed E-state index contributed by atoms with van der Waals surface area (Å²) >= 11 is 0. The zero-order chi connectivity index (χ0) is 12.6. The first-order valence-corrected chi connectivity index (χ1v) is 6.64. The van der Waals surface area contributed by atoms with Crippen molar-refractivity contribution in [3.8, 4) is 0 Å². The van der Waals surface area contributed by atoms with Crippen LogP contribution in [0.15, 0.2) is 42.7 Å². The van der Waals surface area contributed by atoms with Crippen LogP contribution in [-0.2, 0) is 19.4 Å². The quantitative estimate of drug-likeness (QED) is 0.811. The number of nitrogens with two attached hydrogens (primary N) is 1. The Labute approximate surface area is 109 Å². The van der Waals surface area contributed by atoms with E-state index < -0.39 is 0 Å². The van der Waals surface area contributed by atoms with E-state index in [1.54, 1.807) is 0 Å². The van der Waals surface area contributed by atoms with Crippen LogP contribution < -0.4 is 5.73 Å². The molecule has 1 heterocycles. The number of hydrogen-bond acceptors (Lipinski definition) is 2. The molecule has 2 N–H and O–H groups in total. The molecule has 0 aliphatic carbocycles. The highest BCUT2D eigenvalue weighted by molar-refractivity contribution is 5.14. The minimum atomic E-state index is 0.749. The number of hydrogen-bond donors (Lipinski definition) is 1. The monoisotopic (exact) mass is 243 g/mol. The Bertz CT molecular complexity index is 448. The third kappa shape index (κ3) is 4.00. The van der Waals surface area contributed by atoms with E-state index in [-0.39, 0.29) is 0 Å². The molecule has 0 radical (unpaired) electrons. The number of nitrogens with zero attached hydrogens (tertiary/aromatic N) is 2. The van der Waals surface area contributed by atoms with Gasteiger partial charge < -0.3 is 5.73 Å². The van der Waals surface area contributed by atoms with Gasteiger partial charge in [-0.3, -0.25) is 4.68 Å². The van der Waals surface area contributed by atoms with Gasteiger partial charge in [-0.1, -0.05) is 30.3 Å². The van der Waals surface area contributed by atoms with E-state index in [2.05, 4.69) is 41.6 Å². The largest absolute Gasteiger partial charge is 0.330 e. The standard InChI is InChI=1S/C15H21N3/c16-10-4-8-15-12-17-18(13-15)11-5-9-14-6-2-1-3-7-14/h1-3,6-7,12-13H,4-5,8-11,16H2. The molecule has 0 saturated heterocycles. The van der Waals surface area contributed by atoms with Crippen LogP contribution in [0, 0.1) is 0 Å². The van der Waals surface area contributed by atoms with Crippen molar-refractivity contribution < 1.29 is 0 Å². The van der Waals surface area contributed by atoms with Gasteiger partial charge >= 0.3 is 0 Å². The normalized spacial score (nSPS) is 10.7. The van der Waals surface area contributed by atoms with E-state index in [9.17, 15) is 0 Å². The van der Waals surface area contributed by atoms with E-state index in [1.807, 2.05) is 10.9 Å². The fourth-order valence-corrected chi connectivity index (χ4v) is 2.05. The Kier molecular flexibility index (Phi) is 4.97. The molecule has 0 saturated carbocycles. The Morgan fingerprint density at radius 2 is 1.78 bits per heavy atom. The molecule has 0 spiro atoms. The molecule has 0 bridgehead atoms. The highest BCUT2D eigenvalue weighted by Gasteiger charge is 1.98. The zero-order valence-corrected chi connectivity index (χ0v) is 10.8. The minimum Gasteiger partial charge on any atom is -0.330 e. The first-order valence-electron chi connectivity index (χ1n) is 6.64. The van der Waals surface area contributed by atoms with Gasteiger partial charge in [0.2, 0.25) is 0 Å². The van der Waals surface area contributed by atoms with Crippen LogP contribution >= 0.6 is 0 Å². The van der Waals surface area contributed by atoms with Crippen molar-refractivity contribution in [3.63, 3.8) is 0 Å². The van der Waals surface area contributed by atoms with Crippen molar-refractivity contribution in [2.24, 2.45) is 5.73 Å². The number of aryl methyl sites for hydroxylation is 3. The maximum Gasteiger partial charge on any atom is 0.0521 e. The van der Waals surface area contributed by atoms with Crippen LogP contribution in [0.3, 0.4) is 0 Å². The SMILES string of the molecule is NCCCc1cnn(CCCc2ccccc2)c1. The average Bonchev–Trinajstić information content (AvgIpc) is 2.85. The van der Waals surface area contributed by atoms with E-state index in [0.29, 0.717) is 0 Å². The topological polar surface area (TPSA) is 43.8 Å². The Morgan fingerprint density at radius 1 is 1.00 bits per heavy atom. The second kappa shape index (κ2) is 6.97. The molecule has 0 unspecified atom stereocenters. The lowest BCUT2D eigenvalue weighted by molar-refractivity contribution is 0.578. The van der Waals surface area contributed by atoms with Crippen LogP contribution in [0.25, 0.3) is 0 Å². The highest BCUT2D eigenvalue weighted by Crippen LogP contribution is 2.05. The van der Waals surface area contributed by atoms with Gasteiger partial charge in [0.05, 0.1) is 6.20 Å². The molecular formula is C15H21N3. The number of aromatic nitrogens is 2. The molecule has 96 valence electrons. The van der Waals surface area contributed by atoms with Crippen molar-refractivity contribution in [1.82, 2.24) is 9.78 Å². The molecule has 0 fully saturated rings. The first-order chi connectivity index (χ1) is 8.88. The predicted molar refractivity (Wildman–Crippen MR) is 74.4 cm³/mol. The molecule has 3 nitrogen and oxygen atoms in total. The third-order valence-corrected chi connectivity index (χ3v) is 3.05. The summed E-state index contributed by atoms with van der Waals surface area (Å²) in [6.07, 6.45) is 8.41. The summed E-state index contributed by atoms with van der Waals surface area (Å²) in [5.41, 5.74) is 8.19. The van der Waals surface area contributed by atoms with Crippen LogP contribution in [0.1, 0.15) is 24.0 Å². The predicted octanol–water partition coefficient (Wildman–Crippen LogP) is 2.41. The third-order valence-electron chi connectivity index (χ3n) is 3.05. The first kappa shape index (κ1) is 12.8. The van der Waals surface area contributed by atoms with Crippen LogP contribution in [-0.4, -0.2) is 16.3 Å². The van der Waals surface area contributed by atoms with Crippen molar-refractivity contribution >= 4 is 0 Å².